The molecule has 102 valence electrons. The van der Waals surface area contributed by atoms with Crippen molar-refractivity contribution in [3.8, 4) is 5.75 Å². The van der Waals surface area contributed by atoms with Crippen LogP contribution >= 0.6 is 11.3 Å². The van der Waals surface area contributed by atoms with Crippen molar-refractivity contribution in [1.82, 2.24) is 10.4 Å². The topological polar surface area (TPSA) is 60.2 Å². The minimum Gasteiger partial charge on any atom is -0.496 e. The van der Waals surface area contributed by atoms with Crippen LogP contribution in [0.3, 0.4) is 0 Å². The summed E-state index contributed by atoms with van der Waals surface area (Å²) in [6, 6.07) is 6.13. The second-order valence-electron chi connectivity index (χ2n) is 4.53. The largest absolute Gasteiger partial charge is 0.496 e. The van der Waals surface area contributed by atoms with Gasteiger partial charge in [0.05, 0.1) is 23.9 Å². The van der Waals surface area contributed by atoms with Gasteiger partial charge in [0.15, 0.2) is 0 Å². The Balaban J connectivity index is 2.26. The first kappa shape index (κ1) is 14.0. The molecule has 3 N–H and O–H groups in total. The van der Waals surface area contributed by atoms with E-state index in [-0.39, 0.29) is 6.04 Å². The molecule has 1 unspecified atom stereocenters. The van der Waals surface area contributed by atoms with E-state index in [9.17, 15) is 0 Å². The molecule has 19 heavy (non-hydrogen) atoms. The SMILES string of the molecule is COc1cc(C)ccc1C(Cc1csc(C)n1)NN. The maximum Gasteiger partial charge on any atom is 0.123 e. The summed E-state index contributed by atoms with van der Waals surface area (Å²) in [4.78, 5) is 4.48. The maximum absolute atomic E-state index is 5.69. The van der Waals surface area contributed by atoms with Crippen molar-refractivity contribution >= 4 is 11.3 Å². The van der Waals surface area contributed by atoms with Gasteiger partial charge in [-0.1, -0.05) is 12.1 Å². The molecule has 4 nitrogen and oxygen atoms in total. The van der Waals surface area contributed by atoms with Gasteiger partial charge in [0, 0.05) is 17.4 Å². The molecule has 0 bridgehead atoms. The first-order valence-corrected chi connectivity index (χ1v) is 7.03. The van der Waals surface area contributed by atoms with E-state index in [1.54, 1.807) is 18.4 Å². The number of benzene rings is 1. The zero-order valence-corrected chi connectivity index (χ0v) is 12.3. The standard InChI is InChI=1S/C14H19N3OS/c1-9-4-5-12(14(6-9)18-3)13(17-15)7-11-8-19-10(2)16-11/h4-6,8,13,17H,7,15H2,1-3H3. The highest BCUT2D eigenvalue weighted by atomic mass is 32.1. The summed E-state index contributed by atoms with van der Waals surface area (Å²) in [6.07, 6.45) is 0.750. The lowest BCUT2D eigenvalue weighted by Gasteiger charge is -2.18. The van der Waals surface area contributed by atoms with Crippen LogP contribution in [0.1, 0.15) is 27.9 Å². The summed E-state index contributed by atoms with van der Waals surface area (Å²) < 4.78 is 5.44. The van der Waals surface area contributed by atoms with Gasteiger partial charge in [-0.05, 0) is 25.5 Å². The zero-order chi connectivity index (χ0) is 13.8. The van der Waals surface area contributed by atoms with Crippen LogP contribution in [0.25, 0.3) is 0 Å². The Kier molecular flexibility index (Phi) is 4.52. The van der Waals surface area contributed by atoms with Crippen LogP contribution in [0.15, 0.2) is 23.6 Å². The lowest BCUT2D eigenvalue weighted by Crippen LogP contribution is -2.30. The molecule has 2 aromatic rings. The number of nitrogens with zero attached hydrogens (tertiary/aromatic N) is 1. The van der Waals surface area contributed by atoms with E-state index < -0.39 is 0 Å². The van der Waals surface area contributed by atoms with Crippen LogP contribution in [0.4, 0.5) is 0 Å². The smallest absolute Gasteiger partial charge is 0.123 e. The van der Waals surface area contributed by atoms with Crippen molar-refractivity contribution in [2.45, 2.75) is 26.3 Å². The van der Waals surface area contributed by atoms with Crippen molar-refractivity contribution in [2.75, 3.05) is 7.11 Å². The zero-order valence-electron chi connectivity index (χ0n) is 11.4. The lowest BCUT2D eigenvalue weighted by atomic mass is 10.0. The van der Waals surface area contributed by atoms with E-state index in [2.05, 4.69) is 27.9 Å². The highest BCUT2D eigenvalue weighted by molar-refractivity contribution is 7.09. The van der Waals surface area contributed by atoms with Crippen molar-refractivity contribution in [1.29, 1.82) is 0 Å². The van der Waals surface area contributed by atoms with E-state index in [0.29, 0.717) is 0 Å². The van der Waals surface area contributed by atoms with Gasteiger partial charge in [0.25, 0.3) is 0 Å². The van der Waals surface area contributed by atoms with Gasteiger partial charge >= 0.3 is 0 Å². The van der Waals surface area contributed by atoms with E-state index >= 15 is 0 Å². The van der Waals surface area contributed by atoms with Crippen LogP contribution in [0.2, 0.25) is 0 Å². The van der Waals surface area contributed by atoms with Crippen LogP contribution in [0, 0.1) is 13.8 Å². The van der Waals surface area contributed by atoms with Gasteiger partial charge in [0.1, 0.15) is 5.75 Å². The number of ether oxygens (including phenoxy) is 1. The van der Waals surface area contributed by atoms with E-state index in [0.717, 1.165) is 28.4 Å². The van der Waals surface area contributed by atoms with E-state index in [1.807, 2.05) is 19.9 Å². The van der Waals surface area contributed by atoms with Crippen LogP contribution in [-0.2, 0) is 6.42 Å². The van der Waals surface area contributed by atoms with Crippen molar-refractivity contribution in [3.63, 3.8) is 0 Å². The normalized spacial score (nSPS) is 12.4. The Bertz CT molecular complexity index is 553. The molecule has 0 aliphatic heterocycles. The summed E-state index contributed by atoms with van der Waals surface area (Å²) in [5.74, 6) is 6.55. The summed E-state index contributed by atoms with van der Waals surface area (Å²) in [6.45, 7) is 4.05. The van der Waals surface area contributed by atoms with Gasteiger partial charge in [-0.2, -0.15) is 0 Å². The molecule has 2 rings (SSSR count). The molecular weight excluding hydrogens is 258 g/mol. The molecule has 1 aromatic heterocycles. The number of hydrogen-bond donors (Lipinski definition) is 2. The van der Waals surface area contributed by atoms with Crippen molar-refractivity contribution in [2.24, 2.45) is 5.84 Å². The number of thiazole rings is 1. The third-order valence-corrected chi connectivity index (χ3v) is 3.87. The number of nitrogens with one attached hydrogen (secondary N) is 1. The highest BCUT2D eigenvalue weighted by Crippen LogP contribution is 2.28. The van der Waals surface area contributed by atoms with Crippen LogP contribution < -0.4 is 16.0 Å². The molecule has 0 radical (unpaired) electrons. The third kappa shape index (κ3) is 3.32. The second-order valence-corrected chi connectivity index (χ2v) is 5.59. The molecule has 0 amide bonds. The third-order valence-electron chi connectivity index (χ3n) is 3.05. The fourth-order valence-electron chi connectivity index (χ4n) is 2.08. The summed E-state index contributed by atoms with van der Waals surface area (Å²) in [7, 11) is 1.68. The fourth-order valence-corrected chi connectivity index (χ4v) is 2.70. The van der Waals surface area contributed by atoms with Crippen LogP contribution in [0.5, 0.6) is 5.75 Å². The Hall–Kier alpha value is -1.43. The first-order chi connectivity index (χ1) is 9.13. The molecule has 0 saturated heterocycles. The summed E-state index contributed by atoms with van der Waals surface area (Å²) in [5, 5.41) is 3.14. The van der Waals surface area contributed by atoms with Gasteiger partial charge in [-0.3, -0.25) is 11.3 Å². The highest BCUT2D eigenvalue weighted by Gasteiger charge is 2.16. The predicted octanol–water partition coefficient (Wildman–Crippen LogP) is 2.52. The monoisotopic (exact) mass is 277 g/mol. The predicted molar refractivity (Wildman–Crippen MR) is 78.4 cm³/mol. The van der Waals surface area contributed by atoms with Gasteiger partial charge in [0.2, 0.25) is 0 Å². The summed E-state index contributed by atoms with van der Waals surface area (Å²) >= 11 is 1.65. The molecule has 0 saturated carbocycles. The average Bonchev–Trinajstić information content (AvgIpc) is 2.81. The number of aromatic nitrogens is 1. The quantitative estimate of drug-likeness (QED) is 0.651. The second kappa shape index (κ2) is 6.14. The van der Waals surface area contributed by atoms with E-state index in [1.165, 1.54) is 5.56 Å². The first-order valence-electron chi connectivity index (χ1n) is 6.15. The molecular formula is C14H19N3OS. The van der Waals surface area contributed by atoms with Gasteiger partial charge < -0.3 is 4.74 Å². The molecule has 1 atom stereocenters. The molecule has 1 aromatic carbocycles. The fraction of sp³-hybridized carbons (Fsp3) is 0.357. The van der Waals surface area contributed by atoms with Crippen molar-refractivity contribution in [3.05, 3.63) is 45.4 Å². The Labute approximate surface area is 117 Å². The molecule has 0 aliphatic rings. The number of nitrogens with two attached hydrogens (primary N) is 1. The number of rotatable bonds is 5. The molecule has 5 heteroatoms. The number of hydrazine groups is 1. The summed E-state index contributed by atoms with van der Waals surface area (Å²) in [5.41, 5.74) is 6.13. The van der Waals surface area contributed by atoms with Gasteiger partial charge in [-0.25, -0.2) is 4.98 Å². The number of aryl methyl sites for hydroxylation is 2. The van der Waals surface area contributed by atoms with Crippen LogP contribution in [-0.4, -0.2) is 12.1 Å². The maximum atomic E-state index is 5.69. The minimum absolute atomic E-state index is 0.00273. The lowest BCUT2D eigenvalue weighted by molar-refractivity contribution is 0.398. The van der Waals surface area contributed by atoms with Crippen molar-refractivity contribution < 1.29 is 4.74 Å². The number of methoxy groups -OCH3 is 1. The Morgan fingerprint density at radius 3 is 2.79 bits per heavy atom. The Morgan fingerprint density at radius 1 is 1.42 bits per heavy atom. The molecule has 1 heterocycles. The minimum atomic E-state index is -0.00273. The average molecular weight is 277 g/mol. The van der Waals surface area contributed by atoms with E-state index in [4.69, 9.17) is 10.6 Å². The molecule has 0 fully saturated rings. The van der Waals surface area contributed by atoms with Gasteiger partial charge in [-0.15, -0.1) is 11.3 Å². The molecule has 0 spiro atoms. The number of hydrogen-bond acceptors (Lipinski definition) is 5. The molecule has 0 aliphatic carbocycles. The Morgan fingerprint density at radius 2 is 2.21 bits per heavy atom.